The first-order valence-corrected chi connectivity index (χ1v) is 13.0. The van der Waals surface area contributed by atoms with Crippen molar-refractivity contribution < 1.29 is 23.5 Å². The highest BCUT2D eigenvalue weighted by Gasteiger charge is 2.31. The lowest BCUT2D eigenvalue weighted by molar-refractivity contribution is 0.172. The molecule has 0 bridgehead atoms. The van der Waals surface area contributed by atoms with Crippen LogP contribution < -0.4 is 15.5 Å². The van der Waals surface area contributed by atoms with Gasteiger partial charge in [0.15, 0.2) is 5.43 Å². The van der Waals surface area contributed by atoms with Crippen LogP contribution >= 0.6 is 19.2 Å². The molecule has 0 saturated heterocycles. The first kappa shape index (κ1) is 25.0. The van der Waals surface area contributed by atoms with Crippen LogP contribution in [0.4, 0.5) is 0 Å². The summed E-state index contributed by atoms with van der Waals surface area (Å²) < 4.78 is 30.5. The van der Waals surface area contributed by atoms with Gasteiger partial charge in [-0.25, -0.2) is 0 Å². The number of pyridine rings is 1. The van der Waals surface area contributed by atoms with Crippen LogP contribution in [0.5, 0.6) is 5.75 Å². The molecule has 1 aromatic heterocycles. The number of methoxy groups -OCH3 is 1. The average Bonchev–Trinajstić information content (AvgIpc) is 2.75. The van der Waals surface area contributed by atoms with Gasteiger partial charge in [0.1, 0.15) is 11.1 Å². The minimum atomic E-state index is -4.19. The van der Waals surface area contributed by atoms with E-state index in [1.54, 1.807) is 14.0 Å². The minimum absolute atomic E-state index is 0.0415. The summed E-state index contributed by atoms with van der Waals surface area (Å²) in [5.41, 5.74) is 2.04. The van der Waals surface area contributed by atoms with E-state index < -0.39 is 13.0 Å². The number of aromatic nitrogens is 1. The molecule has 1 N–H and O–H groups in total. The van der Waals surface area contributed by atoms with Gasteiger partial charge >= 0.3 is 7.60 Å². The molecule has 9 heteroatoms. The predicted octanol–water partition coefficient (Wildman–Crippen LogP) is 4.72. The Morgan fingerprint density at radius 1 is 1.22 bits per heavy atom. The largest absolute Gasteiger partial charge is 0.492 e. The Kier molecular flexibility index (Phi) is 8.59. The van der Waals surface area contributed by atoms with Crippen LogP contribution in [0.1, 0.15) is 51.1 Å². The maximum atomic E-state index is 12.8. The van der Waals surface area contributed by atoms with Crippen LogP contribution in [-0.2, 0) is 20.2 Å². The third-order valence-electron chi connectivity index (χ3n) is 5.59. The van der Waals surface area contributed by atoms with E-state index in [4.69, 9.17) is 25.6 Å². The van der Waals surface area contributed by atoms with Crippen LogP contribution in [0.25, 0.3) is 11.3 Å². The molecule has 3 rings (SSSR count). The van der Waals surface area contributed by atoms with Crippen molar-refractivity contribution in [1.29, 1.82) is 0 Å². The third kappa shape index (κ3) is 5.46. The summed E-state index contributed by atoms with van der Waals surface area (Å²) in [6.45, 7) is 4.89. The van der Waals surface area contributed by atoms with Crippen LogP contribution in [0.3, 0.4) is 0 Å². The summed E-state index contributed by atoms with van der Waals surface area (Å²) in [6, 6.07) is 5.22. The maximum Gasteiger partial charge on any atom is 0.364 e. The number of ether oxygens (including phenoxy) is 2. The molecule has 1 aliphatic heterocycles. The number of nitrogens with zero attached hydrogens (tertiary/aromatic N) is 1. The van der Waals surface area contributed by atoms with Gasteiger partial charge in [0, 0.05) is 44.0 Å². The number of hydrogen-bond acceptors (Lipinski definition) is 5. The number of fused-ring (bicyclic) bond motifs is 3. The molecule has 0 radical (unpaired) electrons. The lowest BCUT2D eigenvalue weighted by Gasteiger charge is -2.32. The van der Waals surface area contributed by atoms with Crippen molar-refractivity contribution in [2.24, 2.45) is 0 Å². The van der Waals surface area contributed by atoms with Gasteiger partial charge in [0.05, 0.1) is 23.9 Å². The molecule has 32 heavy (non-hydrogen) atoms. The summed E-state index contributed by atoms with van der Waals surface area (Å²) in [5, 5.41) is 0.260. The van der Waals surface area contributed by atoms with E-state index in [-0.39, 0.29) is 18.0 Å². The number of unbranched alkanes of at least 4 members (excludes halogenated alkanes) is 1. The lowest BCUT2D eigenvalue weighted by Crippen LogP contribution is -2.32. The molecule has 0 amide bonds. The molecular weight excluding hydrogens is 453 g/mol. The second kappa shape index (κ2) is 11.0. The summed E-state index contributed by atoms with van der Waals surface area (Å²) in [4.78, 5) is 23.1. The van der Waals surface area contributed by atoms with Crippen LogP contribution in [0, 0.1) is 0 Å². The van der Waals surface area contributed by atoms with Crippen LogP contribution in [0.2, 0.25) is 5.02 Å². The molecule has 2 atom stereocenters. The quantitative estimate of drug-likeness (QED) is 0.367. The Morgan fingerprint density at radius 2 is 2.00 bits per heavy atom. The van der Waals surface area contributed by atoms with Crippen molar-refractivity contribution in [3.63, 3.8) is 0 Å². The summed E-state index contributed by atoms with van der Waals surface area (Å²) in [5.74, 6) is 0.611. The molecule has 1 aromatic carbocycles. The molecule has 7 nitrogen and oxygen atoms in total. The van der Waals surface area contributed by atoms with Crippen molar-refractivity contribution >= 4 is 24.5 Å². The van der Waals surface area contributed by atoms with Gasteiger partial charge in [-0.15, -0.1) is 0 Å². The second-order valence-corrected chi connectivity index (χ2v) is 10.1. The smallest absolute Gasteiger partial charge is 0.364 e. The first-order valence-electron chi connectivity index (χ1n) is 11.0. The van der Waals surface area contributed by atoms with Crippen molar-refractivity contribution in [3.05, 3.63) is 45.2 Å². The average molecular weight is 484 g/mol. The van der Waals surface area contributed by atoms with Crippen molar-refractivity contribution in [1.82, 2.24) is 4.57 Å². The van der Waals surface area contributed by atoms with E-state index in [0.717, 1.165) is 36.8 Å². The molecule has 0 fully saturated rings. The number of hydrogen-bond donors (Lipinski definition) is 1. The van der Waals surface area contributed by atoms with Gasteiger partial charge in [0.25, 0.3) is 0 Å². The predicted molar refractivity (Wildman–Crippen MR) is 126 cm³/mol. The standard InChI is InChI=1S/C23H31ClNO6P/c1-4-6-8-17-11-16-12-22(30-10-7-9-29-3)19(24)13-18(16)20-14-21(26)23(15-25(17)20)32(27,28)31-5-2/h12-15,17H,4-11H2,1-3H3,(H,27,28). The number of rotatable bonds is 11. The fourth-order valence-corrected chi connectivity index (χ4v) is 5.37. The van der Waals surface area contributed by atoms with E-state index in [1.807, 2.05) is 16.7 Å². The van der Waals surface area contributed by atoms with Gasteiger partial charge in [-0.1, -0.05) is 31.4 Å². The Hall–Kier alpha value is -1.63. The highest BCUT2D eigenvalue weighted by Crippen LogP contribution is 2.43. The molecule has 2 aromatic rings. The Bertz CT molecular complexity index is 1050. The van der Waals surface area contributed by atoms with E-state index in [2.05, 4.69) is 6.92 Å². The maximum absolute atomic E-state index is 12.8. The normalized spacial score (nSPS) is 16.8. The number of halogens is 1. The topological polar surface area (TPSA) is 87.0 Å². The molecule has 176 valence electrons. The SMILES string of the molecule is CCCCC1Cc2cc(OCCCOC)c(Cl)cc2-c2cc(=O)c(P(=O)(O)OCC)cn21. The molecule has 0 aliphatic carbocycles. The van der Waals surface area contributed by atoms with E-state index in [1.165, 1.54) is 12.3 Å². The van der Waals surface area contributed by atoms with E-state index in [9.17, 15) is 14.3 Å². The first-order chi connectivity index (χ1) is 15.3. The summed E-state index contributed by atoms with van der Waals surface area (Å²) >= 11 is 6.50. The highest BCUT2D eigenvalue weighted by molar-refractivity contribution is 7.61. The second-order valence-electron chi connectivity index (χ2n) is 7.89. The minimum Gasteiger partial charge on any atom is -0.492 e. The molecular formula is C23H31ClNO6P. The Morgan fingerprint density at radius 3 is 2.69 bits per heavy atom. The van der Waals surface area contributed by atoms with Crippen LogP contribution in [0.15, 0.2) is 29.2 Å². The van der Waals surface area contributed by atoms with Gasteiger partial charge in [-0.2, -0.15) is 0 Å². The van der Waals surface area contributed by atoms with Crippen molar-refractivity contribution in [2.45, 2.75) is 52.0 Å². The summed E-state index contributed by atoms with van der Waals surface area (Å²) in [7, 11) is -2.54. The van der Waals surface area contributed by atoms with Gasteiger partial charge in [0.2, 0.25) is 0 Å². The van der Waals surface area contributed by atoms with Gasteiger partial charge in [-0.05, 0) is 37.5 Å². The van der Waals surface area contributed by atoms with E-state index in [0.29, 0.717) is 36.1 Å². The zero-order valence-electron chi connectivity index (χ0n) is 18.8. The number of benzene rings is 1. The van der Waals surface area contributed by atoms with Crippen molar-refractivity contribution in [2.75, 3.05) is 26.9 Å². The Labute approximate surface area is 193 Å². The van der Waals surface area contributed by atoms with Gasteiger partial charge < -0.3 is 23.5 Å². The molecule has 2 unspecified atom stereocenters. The Balaban J connectivity index is 2.06. The van der Waals surface area contributed by atoms with Gasteiger partial charge in [-0.3, -0.25) is 9.36 Å². The van der Waals surface area contributed by atoms with Crippen LogP contribution in [-0.4, -0.2) is 36.4 Å². The fourth-order valence-electron chi connectivity index (χ4n) is 4.05. The summed E-state index contributed by atoms with van der Waals surface area (Å²) in [6.07, 6.45) is 5.86. The zero-order valence-corrected chi connectivity index (χ0v) is 20.5. The monoisotopic (exact) mass is 483 g/mol. The molecule has 0 spiro atoms. The zero-order chi connectivity index (χ0) is 23.3. The molecule has 0 saturated carbocycles. The lowest BCUT2D eigenvalue weighted by atomic mass is 9.90. The fraction of sp³-hybridized carbons (Fsp3) is 0.522. The molecule has 1 aliphatic rings. The highest BCUT2D eigenvalue weighted by atomic mass is 35.5. The molecule has 2 heterocycles. The third-order valence-corrected chi connectivity index (χ3v) is 7.44. The van der Waals surface area contributed by atoms with E-state index >= 15 is 0 Å². The van der Waals surface area contributed by atoms with Crippen molar-refractivity contribution in [3.8, 4) is 17.0 Å².